The van der Waals surface area contributed by atoms with Gasteiger partial charge >= 0.3 is 5.97 Å². The fraction of sp³-hybridized carbons (Fsp3) is 0.222. The first-order valence-corrected chi connectivity index (χ1v) is 4.19. The van der Waals surface area contributed by atoms with E-state index < -0.39 is 12.1 Å². The Hall–Kier alpha value is -1.26. The van der Waals surface area contributed by atoms with Crippen molar-refractivity contribution < 1.29 is 19.7 Å². The number of rotatable bonds is 2. The number of ether oxygens (including phenoxy) is 1. The second-order valence-corrected chi connectivity index (χ2v) is 3.01. The van der Waals surface area contributed by atoms with Crippen LogP contribution in [0.4, 0.5) is 0 Å². The van der Waals surface area contributed by atoms with E-state index in [0.717, 1.165) is 7.11 Å². The number of phenols is 1. The highest BCUT2D eigenvalue weighted by atomic mass is 35.5. The van der Waals surface area contributed by atoms with Gasteiger partial charge in [0.15, 0.2) is 6.10 Å². The molecule has 0 aromatic heterocycles. The van der Waals surface area contributed by atoms with Gasteiger partial charge in [0.2, 0.25) is 0 Å². The zero-order chi connectivity index (χ0) is 10.7. The smallest absolute Gasteiger partial charge is 0.339 e. The summed E-state index contributed by atoms with van der Waals surface area (Å²) in [5.74, 6) is -1.16. The van der Waals surface area contributed by atoms with Gasteiger partial charge in [0.1, 0.15) is 5.75 Å². The van der Waals surface area contributed by atoms with Crippen LogP contribution in [0.15, 0.2) is 18.2 Å². The maximum absolute atomic E-state index is 10.9. The maximum atomic E-state index is 10.9. The van der Waals surface area contributed by atoms with E-state index in [1.807, 2.05) is 0 Å². The van der Waals surface area contributed by atoms with Crippen molar-refractivity contribution in [2.45, 2.75) is 6.10 Å². The van der Waals surface area contributed by atoms with Gasteiger partial charge in [0.25, 0.3) is 0 Å². The number of phenolic OH excluding ortho intramolecular Hbond substituents is 1. The van der Waals surface area contributed by atoms with E-state index in [-0.39, 0.29) is 16.3 Å². The highest BCUT2D eigenvalue weighted by Gasteiger charge is 2.21. The molecule has 0 heterocycles. The fourth-order valence-electron chi connectivity index (χ4n) is 0.991. The molecule has 76 valence electrons. The minimum Gasteiger partial charge on any atom is -0.506 e. The largest absolute Gasteiger partial charge is 0.506 e. The van der Waals surface area contributed by atoms with E-state index in [9.17, 15) is 15.0 Å². The monoisotopic (exact) mass is 216 g/mol. The third-order valence-corrected chi connectivity index (χ3v) is 2.04. The molecule has 0 fully saturated rings. The lowest BCUT2D eigenvalue weighted by Gasteiger charge is -2.10. The summed E-state index contributed by atoms with van der Waals surface area (Å²) in [6.07, 6.45) is -1.52. The number of carbonyl (C=O) groups is 1. The van der Waals surface area contributed by atoms with Crippen LogP contribution in [-0.2, 0) is 9.53 Å². The Balaban J connectivity index is 3.07. The quantitative estimate of drug-likeness (QED) is 0.731. The van der Waals surface area contributed by atoms with Crippen LogP contribution in [0.1, 0.15) is 11.7 Å². The van der Waals surface area contributed by atoms with Crippen molar-refractivity contribution in [1.82, 2.24) is 0 Å². The molecule has 1 atom stereocenters. The van der Waals surface area contributed by atoms with Crippen LogP contribution < -0.4 is 0 Å². The van der Waals surface area contributed by atoms with Crippen molar-refractivity contribution in [2.24, 2.45) is 0 Å². The molecular weight excluding hydrogens is 208 g/mol. The van der Waals surface area contributed by atoms with Gasteiger partial charge in [-0.25, -0.2) is 4.79 Å². The molecule has 1 aromatic rings. The summed E-state index contributed by atoms with van der Waals surface area (Å²) >= 11 is 5.59. The molecule has 0 spiro atoms. The topological polar surface area (TPSA) is 66.8 Å². The average molecular weight is 217 g/mol. The Kier molecular flexibility index (Phi) is 3.33. The standard InChI is InChI=1S/C9H9ClO4/c1-14-9(13)8(12)5-3-2-4-6(10)7(5)11/h2-4,8,11-12H,1H3. The number of halogens is 1. The first-order valence-electron chi connectivity index (χ1n) is 3.81. The molecule has 5 heteroatoms. The molecule has 0 saturated heterocycles. The van der Waals surface area contributed by atoms with Crippen molar-refractivity contribution in [2.75, 3.05) is 7.11 Å². The molecule has 0 aliphatic rings. The number of aliphatic hydroxyl groups is 1. The second-order valence-electron chi connectivity index (χ2n) is 2.60. The first-order chi connectivity index (χ1) is 6.57. The van der Waals surface area contributed by atoms with Crippen molar-refractivity contribution in [3.8, 4) is 5.75 Å². The minimum absolute atomic E-state index is 0.0318. The van der Waals surface area contributed by atoms with Crippen LogP contribution in [0.25, 0.3) is 0 Å². The zero-order valence-electron chi connectivity index (χ0n) is 7.40. The predicted molar refractivity (Wildman–Crippen MR) is 50.1 cm³/mol. The lowest BCUT2D eigenvalue weighted by Crippen LogP contribution is -2.13. The number of aromatic hydroxyl groups is 1. The Labute approximate surface area is 85.7 Å². The summed E-state index contributed by atoms with van der Waals surface area (Å²) < 4.78 is 4.32. The number of esters is 1. The van der Waals surface area contributed by atoms with Gasteiger partial charge in [0.05, 0.1) is 12.1 Å². The van der Waals surface area contributed by atoms with E-state index in [1.54, 1.807) is 0 Å². The molecule has 0 aliphatic carbocycles. The number of aliphatic hydroxyl groups excluding tert-OH is 1. The van der Waals surface area contributed by atoms with Gasteiger partial charge in [-0.2, -0.15) is 0 Å². The van der Waals surface area contributed by atoms with Crippen molar-refractivity contribution in [3.63, 3.8) is 0 Å². The van der Waals surface area contributed by atoms with Crippen LogP contribution in [0.2, 0.25) is 5.02 Å². The second kappa shape index (κ2) is 4.30. The molecule has 0 radical (unpaired) electrons. The fourth-order valence-corrected chi connectivity index (χ4v) is 1.17. The van der Waals surface area contributed by atoms with Gasteiger partial charge < -0.3 is 14.9 Å². The lowest BCUT2D eigenvalue weighted by molar-refractivity contribution is -0.150. The number of para-hydroxylation sites is 1. The van der Waals surface area contributed by atoms with Crippen LogP contribution in [0.3, 0.4) is 0 Å². The summed E-state index contributed by atoms with van der Waals surface area (Å²) in [4.78, 5) is 10.9. The summed E-state index contributed by atoms with van der Waals surface area (Å²) in [6.45, 7) is 0. The van der Waals surface area contributed by atoms with Gasteiger partial charge in [-0.3, -0.25) is 0 Å². The van der Waals surface area contributed by atoms with Crippen LogP contribution in [-0.4, -0.2) is 23.3 Å². The molecule has 0 bridgehead atoms. The van der Waals surface area contributed by atoms with E-state index in [1.165, 1.54) is 18.2 Å². The number of benzene rings is 1. The molecule has 0 saturated carbocycles. The minimum atomic E-state index is -1.52. The predicted octanol–water partition coefficient (Wildman–Crippen LogP) is 1.25. The van der Waals surface area contributed by atoms with E-state index in [4.69, 9.17) is 11.6 Å². The van der Waals surface area contributed by atoms with Gasteiger partial charge in [0, 0.05) is 5.56 Å². The summed E-state index contributed by atoms with van der Waals surface area (Å²) in [7, 11) is 1.15. The van der Waals surface area contributed by atoms with Gasteiger partial charge in [-0.15, -0.1) is 0 Å². The molecule has 1 unspecified atom stereocenters. The number of methoxy groups -OCH3 is 1. The van der Waals surface area contributed by atoms with Gasteiger partial charge in [-0.05, 0) is 6.07 Å². The maximum Gasteiger partial charge on any atom is 0.339 e. The SMILES string of the molecule is COC(=O)C(O)c1cccc(Cl)c1O. The molecule has 1 rings (SSSR count). The molecule has 2 N–H and O–H groups in total. The van der Waals surface area contributed by atoms with E-state index in [0.29, 0.717) is 0 Å². The highest BCUT2D eigenvalue weighted by molar-refractivity contribution is 6.32. The van der Waals surface area contributed by atoms with Crippen molar-refractivity contribution in [1.29, 1.82) is 0 Å². The average Bonchev–Trinajstić information content (AvgIpc) is 2.20. The Morgan fingerprint density at radius 1 is 1.57 bits per heavy atom. The number of carbonyl (C=O) groups excluding carboxylic acids is 1. The van der Waals surface area contributed by atoms with Crippen molar-refractivity contribution >= 4 is 17.6 Å². The van der Waals surface area contributed by atoms with Crippen LogP contribution in [0, 0.1) is 0 Å². The zero-order valence-corrected chi connectivity index (χ0v) is 8.15. The normalized spacial score (nSPS) is 12.2. The molecule has 4 nitrogen and oxygen atoms in total. The number of hydrogen-bond acceptors (Lipinski definition) is 4. The Bertz CT molecular complexity index is 351. The van der Waals surface area contributed by atoms with E-state index in [2.05, 4.69) is 4.74 Å². The first kappa shape index (κ1) is 10.8. The molecular formula is C9H9ClO4. The van der Waals surface area contributed by atoms with Crippen LogP contribution in [0.5, 0.6) is 5.75 Å². The Morgan fingerprint density at radius 2 is 2.21 bits per heavy atom. The highest BCUT2D eigenvalue weighted by Crippen LogP contribution is 2.31. The molecule has 1 aromatic carbocycles. The lowest BCUT2D eigenvalue weighted by atomic mass is 10.1. The third kappa shape index (κ3) is 1.97. The van der Waals surface area contributed by atoms with E-state index >= 15 is 0 Å². The summed E-state index contributed by atoms with van der Waals surface area (Å²) in [6, 6.07) is 4.36. The van der Waals surface area contributed by atoms with Crippen LogP contribution >= 0.6 is 11.6 Å². The van der Waals surface area contributed by atoms with Crippen molar-refractivity contribution in [3.05, 3.63) is 28.8 Å². The Morgan fingerprint density at radius 3 is 2.79 bits per heavy atom. The van der Waals surface area contributed by atoms with Gasteiger partial charge in [-0.1, -0.05) is 23.7 Å². The molecule has 0 aliphatic heterocycles. The molecule has 0 amide bonds. The molecule has 14 heavy (non-hydrogen) atoms. The summed E-state index contributed by atoms with van der Waals surface area (Å²) in [5.41, 5.74) is 0.0318. The third-order valence-electron chi connectivity index (χ3n) is 1.74. The summed E-state index contributed by atoms with van der Waals surface area (Å²) in [5, 5.41) is 18.9. The number of hydrogen-bond donors (Lipinski definition) is 2.